The van der Waals surface area contributed by atoms with Crippen LogP contribution in [-0.2, 0) is 32.3 Å². The molecule has 2 heterocycles. The minimum Gasteiger partial charge on any atom is -0.340 e. The van der Waals surface area contributed by atoms with E-state index < -0.39 is 32.6 Å². The van der Waals surface area contributed by atoms with Gasteiger partial charge in [0.2, 0.25) is 21.8 Å². The van der Waals surface area contributed by atoms with Crippen molar-refractivity contribution < 1.29 is 31.2 Å². The van der Waals surface area contributed by atoms with Crippen LogP contribution in [0.15, 0.2) is 59.5 Å². The van der Waals surface area contributed by atoms with Crippen LogP contribution in [0.1, 0.15) is 17.5 Å². The predicted octanol–water partition coefficient (Wildman–Crippen LogP) is 2.59. The molecule has 2 aliphatic heterocycles. The molecule has 0 spiro atoms. The molecule has 0 saturated carbocycles. The Bertz CT molecular complexity index is 1160. The third-order valence-electron chi connectivity index (χ3n) is 6.13. The van der Waals surface area contributed by atoms with Crippen LogP contribution >= 0.6 is 0 Å². The Morgan fingerprint density at radius 2 is 1.65 bits per heavy atom. The zero-order valence-electron chi connectivity index (χ0n) is 18.2. The molecule has 11 heteroatoms. The second-order valence-corrected chi connectivity index (χ2v) is 10.4. The summed E-state index contributed by atoms with van der Waals surface area (Å²) in [7, 11) is -4.13. The lowest BCUT2D eigenvalue weighted by atomic mass is 10.1. The average Bonchev–Trinajstić information content (AvgIpc) is 3.19. The molecule has 2 aliphatic rings. The van der Waals surface area contributed by atoms with E-state index in [9.17, 15) is 31.2 Å². The largest absolute Gasteiger partial charge is 0.416 e. The number of hydrogen-bond donors (Lipinski definition) is 0. The van der Waals surface area contributed by atoms with Crippen molar-refractivity contribution in [3.63, 3.8) is 0 Å². The van der Waals surface area contributed by atoms with Gasteiger partial charge in [0.15, 0.2) is 0 Å². The van der Waals surface area contributed by atoms with Crippen molar-refractivity contribution in [3.05, 3.63) is 65.7 Å². The zero-order chi connectivity index (χ0) is 24.5. The first-order chi connectivity index (χ1) is 16.1. The van der Waals surface area contributed by atoms with Gasteiger partial charge < -0.3 is 9.80 Å². The molecule has 2 aromatic rings. The van der Waals surface area contributed by atoms with Gasteiger partial charge in [-0.2, -0.15) is 17.5 Å². The molecule has 0 aromatic heterocycles. The second-order valence-electron chi connectivity index (χ2n) is 8.42. The molecule has 2 aromatic carbocycles. The molecule has 2 saturated heterocycles. The lowest BCUT2D eigenvalue weighted by Crippen LogP contribution is -2.52. The lowest BCUT2D eigenvalue weighted by molar-refractivity contribution is -0.138. The van der Waals surface area contributed by atoms with Crippen LogP contribution in [0.2, 0.25) is 0 Å². The van der Waals surface area contributed by atoms with Crippen LogP contribution < -0.4 is 0 Å². The molecule has 0 aliphatic carbocycles. The van der Waals surface area contributed by atoms with E-state index in [1.807, 2.05) is 30.3 Å². The van der Waals surface area contributed by atoms with Gasteiger partial charge in [0.1, 0.15) is 0 Å². The predicted molar refractivity (Wildman–Crippen MR) is 117 cm³/mol. The Morgan fingerprint density at radius 1 is 0.971 bits per heavy atom. The van der Waals surface area contributed by atoms with E-state index in [1.165, 1.54) is 4.90 Å². The van der Waals surface area contributed by atoms with E-state index in [4.69, 9.17) is 0 Å². The van der Waals surface area contributed by atoms with Crippen molar-refractivity contribution in [3.8, 4) is 0 Å². The first-order valence-electron chi connectivity index (χ1n) is 10.8. The molecule has 0 unspecified atom stereocenters. The topological polar surface area (TPSA) is 78.0 Å². The Hall–Kier alpha value is -2.92. The molecular formula is C23H24F3N3O4S. The first kappa shape index (κ1) is 24.2. The number of alkyl halides is 3. The molecular weight excluding hydrogens is 471 g/mol. The summed E-state index contributed by atoms with van der Waals surface area (Å²) in [5.74, 6) is -0.809. The van der Waals surface area contributed by atoms with Crippen LogP contribution in [0.4, 0.5) is 13.2 Å². The molecule has 182 valence electrons. The van der Waals surface area contributed by atoms with Gasteiger partial charge >= 0.3 is 6.18 Å². The fourth-order valence-electron chi connectivity index (χ4n) is 4.28. The van der Waals surface area contributed by atoms with Gasteiger partial charge in [0.05, 0.1) is 16.4 Å². The van der Waals surface area contributed by atoms with Crippen LogP contribution in [0.5, 0.6) is 0 Å². The van der Waals surface area contributed by atoms with Gasteiger partial charge in [-0.3, -0.25) is 9.59 Å². The minimum absolute atomic E-state index is 0.0291. The number of amides is 2. The Kier molecular flexibility index (Phi) is 6.68. The highest BCUT2D eigenvalue weighted by molar-refractivity contribution is 7.89. The number of benzene rings is 2. The zero-order valence-corrected chi connectivity index (χ0v) is 19.1. The number of likely N-dealkylation sites (tertiary alicyclic amines) is 1. The number of carbonyl (C=O) groups is 2. The summed E-state index contributed by atoms with van der Waals surface area (Å²) < 4.78 is 65.8. The van der Waals surface area contributed by atoms with Crippen LogP contribution in [0.25, 0.3) is 0 Å². The van der Waals surface area contributed by atoms with Crippen molar-refractivity contribution in [1.29, 1.82) is 0 Å². The smallest absolute Gasteiger partial charge is 0.340 e. The van der Waals surface area contributed by atoms with Gasteiger partial charge in [-0.15, -0.1) is 0 Å². The SMILES string of the molecule is O=C1C[C@H](C(=O)N2CCN(S(=O)(=O)c3cccc(C(F)(F)F)c3)CC2)CN1Cc1ccccc1. The van der Waals surface area contributed by atoms with Gasteiger partial charge in [0.25, 0.3) is 0 Å². The summed E-state index contributed by atoms with van der Waals surface area (Å²) in [5, 5.41) is 0. The number of halogens is 3. The molecule has 0 radical (unpaired) electrons. The maximum atomic E-state index is 13.0. The summed E-state index contributed by atoms with van der Waals surface area (Å²) in [6.45, 7) is 0.889. The molecule has 4 rings (SSSR count). The fourth-order valence-corrected chi connectivity index (χ4v) is 5.75. The molecule has 2 fully saturated rings. The molecule has 34 heavy (non-hydrogen) atoms. The number of carbonyl (C=O) groups excluding carboxylic acids is 2. The third kappa shape index (κ3) is 5.10. The maximum absolute atomic E-state index is 13.0. The Morgan fingerprint density at radius 3 is 2.29 bits per heavy atom. The van der Waals surface area contributed by atoms with E-state index in [0.717, 1.165) is 28.1 Å². The summed E-state index contributed by atoms with van der Waals surface area (Å²) in [6, 6.07) is 13.1. The van der Waals surface area contributed by atoms with Crippen molar-refractivity contribution in [2.45, 2.75) is 24.0 Å². The highest BCUT2D eigenvalue weighted by atomic mass is 32.2. The summed E-state index contributed by atoms with van der Waals surface area (Å²) in [4.78, 5) is 28.1. The number of hydrogen-bond acceptors (Lipinski definition) is 4. The third-order valence-corrected chi connectivity index (χ3v) is 8.02. The van der Waals surface area contributed by atoms with Crippen molar-refractivity contribution in [2.24, 2.45) is 5.92 Å². The van der Waals surface area contributed by atoms with E-state index >= 15 is 0 Å². The summed E-state index contributed by atoms with van der Waals surface area (Å²) >= 11 is 0. The highest BCUT2D eigenvalue weighted by Gasteiger charge is 2.39. The monoisotopic (exact) mass is 495 g/mol. The van der Waals surface area contributed by atoms with Crippen LogP contribution in [-0.4, -0.2) is 67.1 Å². The molecule has 2 amide bonds. The minimum atomic E-state index is -4.65. The Balaban J connectivity index is 1.36. The molecule has 1 atom stereocenters. The molecule has 0 N–H and O–H groups in total. The van der Waals surface area contributed by atoms with Gasteiger partial charge in [-0.25, -0.2) is 8.42 Å². The number of sulfonamides is 1. The van der Waals surface area contributed by atoms with Gasteiger partial charge in [-0.05, 0) is 23.8 Å². The van der Waals surface area contributed by atoms with Crippen molar-refractivity contribution in [2.75, 3.05) is 32.7 Å². The highest BCUT2D eigenvalue weighted by Crippen LogP contribution is 2.31. The normalized spacial score (nSPS) is 20.1. The molecule has 7 nitrogen and oxygen atoms in total. The van der Waals surface area contributed by atoms with Crippen molar-refractivity contribution >= 4 is 21.8 Å². The van der Waals surface area contributed by atoms with E-state index in [1.54, 1.807) is 4.90 Å². The van der Waals surface area contributed by atoms with E-state index in [2.05, 4.69) is 0 Å². The Labute approximate surface area is 195 Å². The van der Waals surface area contributed by atoms with Gasteiger partial charge in [-0.1, -0.05) is 36.4 Å². The number of nitrogens with zero attached hydrogens (tertiary/aromatic N) is 3. The van der Waals surface area contributed by atoms with E-state index in [0.29, 0.717) is 19.2 Å². The summed E-state index contributed by atoms with van der Waals surface area (Å²) in [6.07, 6.45) is -4.54. The average molecular weight is 496 g/mol. The number of piperazine rings is 1. The first-order valence-corrected chi connectivity index (χ1v) is 12.3. The lowest BCUT2D eigenvalue weighted by Gasteiger charge is -2.35. The number of rotatable bonds is 5. The fraction of sp³-hybridized carbons (Fsp3) is 0.391. The molecule has 0 bridgehead atoms. The van der Waals surface area contributed by atoms with Gasteiger partial charge in [0, 0.05) is 45.7 Å². The quantitative estimate of drug-likeness (QED) is 0.639. The van der Waals surface area contributed by atoms with E-state index in [-0.39, 0.29) is 44.4 Å². The standard InChI is InChI=1S/C23H24F3N3O4S/c24-23(25,26)19-7-4-8-20(14-19)34(32,33)29-11-9-27(10-12-29)22(31)18-13-21(30)28(16-18)15-17-5-2-1-3-6-17/h1-8,14,18H,9-13,15-16H2/t18-/m0/s1. The maximum Gasteiger partial charge on any atom is 0.416 e. The second kappa shape index (κ2) is 9.38. The van der Waals surface area contributed by atoms with Crippen molar-refractivity contribution in [1.82, 2.24) is 14.1 Å². The van der Waals surface area contributed by atoms with Crippen LogP contribution in [0.3, 0.4) is 0 Å². The van der Waals surface area contributed by atoms with Crippen LogP contribution in [0, 0.1) is 5.92 Å². The summed E-state index contributed by atoms with van der Waals surface area (Å²) in [5.41, 5.74) is -0.0642.